The van der Waals surface area contributed by atoms with Gasteiger partial charge in [-0.25, -0.2) is 5.01 Å². The smallest absolute Gasteiger partial charge is 0.254 e. The van der Waals surface area contributed by atoms with Gasteiger partial charge in [-0.3, -0.25) is 0 Å². The number of benzene rings is 1. The SMILES string of the molecule is COc1cc(C)ccc1C=NN(C)c1oc(C(C)(C)C)nc1C#N. The van der Waals surface area contributed by atoms with Crippen LogP contribution >= 0.6 is 0 Å². The van der Waals surface area contributed by atoms with Gasteiger partial charge in [0.2, 0.25) is 11.6 Å². The van der Waals surface area contributed by atoms with Crippen molar-refractivity contribution >= 4 is 12.1 Å². The van der Waals surface area contributed by atoms with Crippen LogP contribution < -0.4 is 9.75 Å². The molecular formula is C18H22N4O2. The number of anilines is 1. The van der Waals surface area contributed by atoms with Crippen LogP contribution in [0, 0.1) is 18.3 Å². The summed E-state index contributed by atoms with van der Waals surface area (Å²) < 4.78 is 11.1. The Hall–Kier alpha value is -2.81. The summed E-state index contributed by atoms with van der Waals surface area (Å²) in [5.74, 6) is 1.56. The molecule has 0 spiro atoms. The molecule has 0 N–H and O–H groups in total. The first-order chi connectivity index (χ1) is 11.3. The molecule has 0 radical (unpaired) electrons. The van der Waals surface area contributed by atoms with Crippen molar-refractivity contribution in [2.45, 2.75) is 33.1 Å². The molecule has 2 rings (SSSR count). The second kappa shape index (κ2) is 6.75. The highest BCUT2D eigenvalue weighted by Gasteiger charge is 2.25. The Balaban J connectivity index is 2.32. The summed E-state index contributed by atoms with van der Waals surface area (Å²) in [7, 11) is 3.33. The molecule has 6 nitrogen and oxygen atoms in total. The lowest BCUT2D eigenvalue weighted by Gasteiger charge is -2.13. The van der Waals surface area contributed by atoms with Crippen LogP contribution in [0.1, 0.15) is 43.5 Å². The number of nitriles is 1. The summed E-state index contributed by atoms with van der Waals surface area (Å²) in [5.41, 5.74) is 1.88. The normalized spacial score (nSPS) is 11.5. The van der Waals surface area contributed by atoms with Gasteiger partial charge in [-0.05, 0) is 24.6 Å². The number of rotatable bonds is 4. The van der Waals surface area contributed by atoms with Crippen molar-refractivity contribution in [2.75, 3.05) is 19.2 Å². The van der Waals surface area contributed by atoms with Gasteiger partial charge in [-0.15, -0.1) is 0 Å². The molecule has 0 aliphatic heterocycles. The van der Waals surface area contributed by atoms with Gasteiger partial charge >= 0.3 is 0 Å². The molecule has 0 aliphatic rings. The first-order valence-electron chi connectivity index (χ1n) is 7.60. The molecule has 6 heteroatoms. The minimum absolute atomic E-state index is 0.218. The molecule has 1 aromatic carbocycles. The number of nitrogens with zero attached hydrogens (tertiary/aromatic N) is 4. The first-order valence-corrected chi connectivity index (χ1v) is 7.60. The highest BCUT2D eigenvalue weighted by atomic mass is 16.5. The zero-order valence-corrected chi connectivity index (χ0v) is 14.9. The van der Waals surface area contributed by atoms with E-state index in [0.29, 0.717) is 11.8 Å². The summed E-state index contributed by atoms with van der Waals surface area (Å²) in [4.78, 5) is 4.25. The standard InChI is InChI=1S/C18H22N4O2/c1-12-7-8-13(15(9-12)23-6)11-20-22(5)16-14(10-19)21-17(24-16)18(2,3)4/h7-9,11H,1-6H3. The quantitative estimate of drug-likeness (QED) is 0.633. The summed E-state index contributed by atoms with van der Waals surface area (Å²) in [5, 5.41) is 15.1. The Morgan fingerprint density at radius 1 is 1.38 bits per heavy atom. The van der Waals surface area contributed by atoms with Crippen molar-refractivity contribution in [3.63, 3.8) is 0 Å². The average Bonchev–Trinajstić information content (AvgIpc) is 2.97. The minimum atomic E-state index is -0.283. The highest BCUT2D eigenvalue weighted by Crippen LogP contribution is 2.28. The second-order valence-corrected chi connectivity index (χ2v) is 6.55. The molecule has 1 heterocycles. The van der Waals surface area contributed by atoms with E-state index in [9.17, 15) is 5.26 Å². The van der Waals surface area contributed by atoms with E-state index in [1.165, 1.54) is 5.01 Å². The van der Waals surface area contributed by atoms with Crippen LogP contribution in [0.4, 0.5) is 5.88 Å². The monoisotopic (exact) mass is 326 g/mol. The lowest BCUT2D eigenvalue weighted by molar-refractivity contribution is 0.394. The molecule has 126 valence electrons. The zero-order chi connectivity index (χ0) is 17.9. The highest BCUT2D eigenvalue weighted by molar-refractivity contribution is 5.84. The van der Waals surface area contributed by atoms with Gasteiger partial charge in [0.15, 0.2) is 0 Å². The van der Waals surface area contributed by atoms with E-state index >= 15 is 0 Å². The fourth-order valence-electron chi connectivity index (χ4n) is 2.05. The average molecular weight is 326 g/mol. The third kappa shape index (κ3) is 3.74. The van der Waals surface area contributed by atoms with Crippen LogP contribution in [-0.2, 0) is 5.41 Å². The van der Waals surface area contributed by atoms with Crippen LogP contribution in [0.5, 0.6) is 5.75 Å². The molecule has 0 aliphatic carbocycles. The maximum atomic E-state index is 9.27. The van der Waals surface area contributed by atoms with E-state index in [4.69, 9.17) is 9.15 Å². The van der Waals surface area contributed by atoms with Crippen LogP contribution in [0.2, 0.25) is 0 Å². The zero-order valence-electron chi connectivity index (χ0n) is 14.9. The van der Waals surface area contributed by atoms with Crippen molar-refractivity contribution in [1.82, 2.24) is 4.98 Å². The summed E-state index contributed by atoms with van der Waals surface area (Å²) in [6, 6.07) is 7.90. The number of oxazole rings is 1. The number of methoxy groups -OCH3 is 1. The number of aryl methyl sites for hydroxylation is 1. The van der Waals surface area contributed by atoms with E-state index in [-0.39, 0.29) is 11.1 Å². The lowest BCUT2D eigenvalue weighted by atomic mass is 9.97. The Morgan fingerprint density at radius 3 is 2.67 bits per heavy atom. The molecule has 0 atom stereocenters. The third-order valence-corrected chi connectivity index (χ3v) is 3.41. The molecule has 0 unspecified atom stereocenters. The molecule has 1 aromatic heterocycles. The fraction of sp³-hybridized carbons (Fsp3) is 0.389. The fourth-order valence-corrected chi connectivity index (χ4v) is 2.05. The van der Waals surface area contributed by atoms with E-state index in [0.717, 1.165) is 16.9 Å². The minimum Gasteiger partial charge on any atom is -0.496 e. The van der Waals surface area contributed by atoms with Gasteiger partial charge in [0, 0.05) is 18.0 Å². The van der Waals surface area contributed by atoms with E-state index in [1.54, 1.807) is 20.4 Å². The number of hydrogen-bond donors (Lipinski definition) is 0. The maximum absolute atomic E-state index is 9.27. The van der Waals surface area contributed by atoms with Gasteiger partial charge in [0.05, 0.1) is 13.3 Å². The van der Waals surface area contributed by atoms with Crippen molar-refractivity contribution in [1.29, 1.82) is 5.26 Å². The Morgan fingerprint density at radius 2 is 2.08 bits per heavy atom. The maximum Gasteiger partial charge on any atom is 0.254 e. The molecule has 0 bridgehead atoms. The van der Waals surface area contributed by atoms with Crippen LogP contribution in [0.3, 0.4) is 0 Å². The van der Waals surface area contributed by atoms with Crippen molar-refractivity contribution in [2.24, 2.45) is 5.10 Å². The molecule has 0 fully saturated rings. The van der Waals surface area contributed by atoms with Crippen LogP contribution in [-0.4, -0.2) is 25.4 Å². The molecule has 0 saturated heterocycles. The van der Waals surface area contributed by atoms with Gasteiger partial charge < -0.3 is 9.15 Å². The number of ether oxygens (including phenoxy) is 1. The topological polar surface area (TPSA) is 74.7 Å². The molecule has 2 aromatic rings. The summed E-state index contributed by atoms with van der Waals surface area (Å²) >= 11 is 0. The number of aromatic nitrogens is 1. The summed E-state index contributed by atoms with van der Waals surface area (Å²) in [6.07, 6.45) is 1.67. The molecule has 0 saturated carbocycles. The van der Waals surface area contributed by atoms with Gasteiger partial charge in [-0.1, -0.05) is 26.8 Å². The molecular weight excluding hydrogens is 304 g/mol. The lowest BCUT2D eigenvalue weighted by Crippen LogP contribution is -2.11. The van der Waals surface area contributed by atoms with E-state index in [1.807, 2.05) is 45.9 Å². The molecule has 0 amide bonds. The van der Waals surface area contributed by atoms with E-state index in [2.05, 4.69) is 16.2 Å². The van der Waals surface area contributed by atoms with Gasteiger partial charge in [-0.2, -0.15) is 15.3 Å². The Kier molecular flexibility index (Phi) is 4.93. The van der Waals surface area contributed by atoms with Crippen molar-refractivity contribution in [3.05, 3.63) is 40.9 Å². The predicted molar refractivity (Wildman–Crippen MR) is 93.6 cm³/mol. The number of hydrazone groups is 1. The Labute approximate surface area is 142 Å². The summed E-state index contributed by atoms with van der Waals surface area (Å²) in [6.45, 7) is 7.93. The molecule has 24 heavy (non-hydrogen) atoms. The van der Waals surface area contributed by atoms with Crippen molar-refractivity contribution < 1.29 is 9.15 Å². The predicted octanol–water partition coefficient (Wildman–Crippen LogP) is 3.63. The largest absolute Gasteiger partial charge is 0.496 e. The van der Waals surface area contributed by atoms with Crippen molar-refractivity contribution in [3.8, 4) is 11.8 Å². The van der Waals surface area contributed by atoms with Gasteiger partial charge in [0.25, 0.3) is 5.88 Å². The van der Waals surface area contributed by atoms with Crippen LogP contribution in [0.15, 0.2) is 27.7 Å². The number of hydrogen-bond acceptors (Lipinski definition) is 6. The first kappa shape index (κ1) is 17.5. The van der Waals surface area contributed by atoms with Gasteiger partial charge in [0.1, 0.15) is 11.8 Å². The second-order valence-electron chi connectivity index (χ2n) is 6.55. The third-order valence-electron chi connectivity index (χ3n) is 3.41. The Bertz CT molecular complexity index is 794. The van der Waals surface area contributed by atoms with E-state index < -0.39 is 0 Å². The van der Waals surface area contributed by atoms with Crippen LogP contribution in [0.25, 0.3) is 0 Å².